The molecular weight excluding hydrogens is 246 g/mol. The predicted octanol–water partition coefficient (Wildman–Crippen LogP) is 0.708. The van der Waals surface area contributed by atoms with Gasteiger partial charge in [-0.2, -0.15) is 0 Å². The maximum atomic E-state index is 11.8. The Bertz CT molecular complexity index is 620. The molecule has 0 unspecified atom stereocenters. The molecule has 0 spiro atoms. The number of nitrogens with zero attached hydrogens (tertiary/aromatic N) is 1. The summed E-state index contributed by atoms with van der Waals surface area (Å²) < 4.78 is 4.94. The van der Waals surface area contributed by atoms with Crippen LogP contribution >= 0.6 is 0 Å². The van der Waals surface area contributed by atoms with Gasteiger partial charge in [0.05, 0.1) is 7.11 Å². The molecule has 2 aromatic rings. The summed E-state index contributed by atoms with van der Waals surface area (Å²) in [5, 5.41) is 2.71. The first kappa shape index (κ1) is 12.8. The minimum atomic E-state index is -0.307. The van der Waals surface area contributed by atoms with Crippen molar-refractivity contribution in [3.8, 4) is 5.88 Å². The third kappa shape index (κ3) is 3.41. The summed E-state index contributed by atoms with van der Waals surface area (Å²) in [6, 6.07) is 6.32. The first-order valence-corrected chi connectivity index (χ1v) is 5.65. The van der Waals surface area contributed by atoms with Crippen LogP contribution in [0.15, 0.2) is 41.5 Å². The summed E-state index contributed by atoms with van der Waals surface area (Å²) in [6.07, 6.45) is 3.06. The normalized spacial score (nSPS) is 9.95. The number of methoxy groups -OCH3 is 1. The van der Waals surface area contributed by atoms with Gasteiger partial charge in [-0.1, -0.05) is 6.07 Å². The second kappa shape index (κ2) is 5.81. The predicted molar refractivity (Wildman–Crippen MR) is 69.0 cm³/mol. The third-order valence-corrected chi connectivity index (χ3v) is 2.50. The van der Waals surface area contributed by atoms with Crippen LogP contribution in [0.2, 0.25) is 0 Å². The van der Waals surface area contributed by atoms with Crippen LogP contribution in [0.1, 0.15) is 15.9 Å². The largest absolute Gasteiger partial charge is 0.481 e. The van der Waals surface area contributed by atoms with E-state index in [0.29, 0.717) is 18.0 Å². The molecule has 0 bridgehead atoms. The van der Waals surface area contributed by atoms with Crippen molar-refractivity contribution in [3.05, 3.63) is 58.1 Å². The number of nitrogens with one attached hydrogen (secondary N) is 2. The molecule has 6 heteroatoms. The van der Waals surface area contributed by atoms with Crippen molar-refractivity contribution in [2.45, 2.75) is 6.54 Å². The minimum absolute atomic E-state index is 0.304. The first-order chi connectivity index (χ1) is 9.19. The van der Waals surface area contributed by atoms with Gasteiger partial charge in [0.15, 0.2) is 0 Å². The lowest BCUT2D eigenvalue weighted by Gasteiger charge is -2.05. The van der Waals surface area contributed by atoms with Crippen LogP contribution < -0.4 is 15.6 Å². The van der Waals surface area contributed by atoms with Gasteiger partial charge < -0.3 is 15.0 Å². The van der Waals surface area contributed by atoms with Crippen molar-refractivity contribution in [2.75, 3.05) is 7.11 Å². The van der Waals surface area contributed by atoms with E-state index in [1.165, 1.54) is 19.4 Å². The van der Waals surface area contributed by atoms with E-state index in [0.717, 1.165) is 5.56 Å². The number of carbonyl (C=O) groups excluding carboxylic acids is 1. The second-order valence-corrected chi connectivity index (χ2v) is 3.83. The van der Waals surface area contributed by atoms with Crippen molar-refractivity contribution in [1.29, 1.82) is 0 Å². The van der Waals surface area contributed by atoms with E-state index >= 15 is 0 Å². The average Bonchev–Trinajstić information content (AvgIpc) is 2.45. The molecule has 0 aliphatic rings. The molecule has 0 saturated heterocycles. The Labute approximate surface area is 109 Å². The third-order valence-electron chi connectivity index (χ3n) is 2.50. The van der Waals surface area contributed by atoms with Gasteiger partial charge in [0, 0.05) is 36.6 Å². The maximum Gasteiger partial charge on any atom is 0.251 e. The van der Waals surface area contributed by atoms with Crippen molar-refractivity contribution >= 4 is 5.91 Å². The van der Waals surface area contributed by atoms with Gasteiger partial charge in [0.1, 0.15) is 0 Å². The number of rotatable bonds is 4. The number of amides is 1. The zero-order valence-corrected chi connectivity index (χ0v) is 10.3. The molecule has 0 radical (unpaired) electrons. The highest BCUT2D eigenvalue weighted by molar-refractivity contribution is 5.93. The second-order valence-electron chi connectivity index (χ2n) is 3.83. The van der Waals surface area contributed by atoms with Crippen molar-refractivity contribution < 1.29 is 9.53 Å². The lowest BCUT2D eigenvalue weighted by Crippen LogP contribution is -2.24. The van der Waals surface area contributed by atoms with Gasteiger partial charge in [-0.3, -0.25) is 9.59 Å². The molecule has 2 heterocycles. The summed E-state index contributed by atoms with van der Waals surface area (Å²) in [7, 11) is 1.54. The SMILES string of the molecule is COc1ccc(CNC(=O)c2cc[nH]c(=O)c2)cn1. The fourth-order valence-electron chi connectivity index (χ4n) is 1.51. The fourth-order valence-corrected chi connectivity index (χ4v) is 1.51. The Balaban J connectivity index is 1.98. The molecule has 98 valence electrons. The smallest absolute Gasteiger partial charge is 0.251 e. The Morgan fingerprint density at radius 1 is 1.42 bits per heavy atom. The van der Waals surface area contributed by atoms with Crippen LogP contribution in [0.3, 0.4) is 0 Å². The Kier molecular flexibility index (Phi) is 3.92. The quantitative estimate of drug-likeness (QED) is 0.847. The van der Waals surface area contributed by atoms with Crippen LogP contribution in [0.25, 0.3) is 0 Å². The van der Waals surface area contributed by atoms with E-state index in [-0.39, 0.29) is 11.5 Å². The molecule has 2 rings (SSSR count). The highest BCUT2D eigenvalue weighted by Gasteiger charge is 2.05. The van der Waals surface area contributed by atoms with Gasteiger partial charge in [-0.05, 0) is 11.6 Å². The van der Waals surface area contributed by atoms with E-state index in [4.69, 9.17) is 4.74 Å². The summed E-state index contributed by atoms with van der Waals surface area (Å²) in [5.41, 5.74) is 0.864. The molecule has 1 amide bonds. The summed E-state index contributed by atoms with van der Waals surface area (Å²) in [4.78, 5) is 29.4. The van der Waals surface area contributed by atoms with Crippen molar-refractivity contribution in [2.24, 2.45) is 0 Å². The Hall–Kier alpha value is -2.63. The summed E-state index contributed by atoms with van der Waals surface area (Å²) >= 11 is 0. The van der Waals surface area contributed by atoms with E-state index in [1.54, 1.807) is 18.3 Å². The molecular formula is C13H13N3O3. The van der Waals surface area contributed by atoms with Crippen LogP contribution in [-0.4, -0.2) is 23.0 Å². The Morgan fingerprint density at radius 3 is 2.89 bits per heavy atom. The van der Waals surface area contributed by atoms with Crippen LogP contribution in [0, 0.1) is 0 Å². The number of hydrogen-bond donors (Lipinski definition) is 2. The molecule has 6 nitrogen and oxygen atoms in total. The molecule has 0 saturated carbocycles. The minimum Gasteiger partial charge on any atom is -0.481 e. The zero-order valence-electron chi connectivity index (χ0n) is 10.3. The average molecular weight is 259 g/mol. The number of ether oxygens (including phenoxy) is 1. The maximum absolute atomic E-state index is 11.8. The Morgan fingerprint density at radius 2 is 2.26 bits per heavy atom. The van der Waals surface area contributed by atoms with Gasteiger partial charge in [-0.25, -0.2) is 4.98 Å². The van der Waals surface area contributed by atoms with Crippen molar-refractivity contribution in [3.63, 3.8) is 0 Å². The number of H-pyrrole nitrogens is 1. The highest BCUT2D eigenvalue weighted by Crippen LogP contribution is 2.06. The number of carbonyl (C=O) groups is 1. The van der Waals surface area contributed by atoms with Gasteiger partial charge in [0.25, 0.3) is 5.91 Å². The van der Waals surface area contributed by atoms with E-state index in [2.05, 4.69) is 15.3 Å². The zero-order chi connectivity index (χ0) is 13.7. The van der Waals surface area contributed by atoms with Gasteiger partial charge in [0.2, 0.25) is 11.4 Å². The monoisotopic (exact) mass is 259 g/mol. The fraction of sp³-hybridized carbons (Fsp3) is 0.154. The number of aromatic amines is 1. The molecule has 19 heavy (non-hydrogen) atoms. The van der Waals surface area contributed by atoms with Gasteiger partial charge >= 0.3 is 0 Å². The molecule has 2 N–H and O–H groups in total. The topological polar surface area (TPSA) is 84.1 Å². The summed E-state index contributed by atoms with van der Waals surface area (Å²) in [5.74, 6) is 0.214. The van der Waals surface area contributed by atoms with E-state index < -0.39 is 0 Å². The molecule has 0 aliphatic carbocycles. The molecule has 0 aromatic carbocycles. The van der Waals surface area contributed by atoms with Crippen LogP contribution in [0.5, 0.6) is 5.88 Å². The highest BCUT2D eigenvalue weighted by atomic mass is 16.5. The summed E-state index contributed by atoms with van der Waals surface area (Å²) in [6.45, 7) is 0.336. The molecule has 0 fully saturated rings. The molecule has 2 aromatic heterocycles. The van der Waals surface area contributed by atoms with Gasteiger partial charge in [-0.15, -0.1) is 0 Å². The number of pyridine rings is 2. The number of hydrogen-bond acceptors (Lipinski definition) is 4. The number of aromatic nitrogens is 2. The van der Waals surface area contributed by atoms with Crippen LogP contribution in [-0.2, 0) is 6.54 Å². The van der Waals surface area contributed by atoms with Crippen LogP contribution in [0.4, 0.5) is 0 Å². The van der Waals surface area contributed by atoms with Crippen molar-refractivity contribution in [1.82, 2.24) is 15.3 Å². The standard InChI is InChI=1S/C13H13N3O3/c1-19-12-3-2-9(7-15-12)8-16-13(18)10-4-5-14-11(17)6-10/h2-7H,8H2,1H3,(H,14,17)(H,16,18). The lowest BCUT2D eigenvalue weighted by molar-refractivity contribution is 0.0950. The van der Waals surface area contributed by atoms with E-state index in [1.807, 2.05) is 6.07 Å². The first-order valence-electron chi connectivity index (χ1n) is 5.65. The van der Waals surface area contributed by atoms with E-state index in [9.17, 15) is 9.59 Å². The lowest BCUT2D eigenvalue weighted by atomic mass is 10.2. The molecule has 0 atom stereocenters. The molecule has 0 aliphatic heterocycles.